The van der Waals surface area contributed by atoms with Crippen LogP contribution in [0, 0.1) is 5.82 Å². The molecule has 0 fully saturated rings. The maximum absolute atomic E-state index is 13.5. The van der Waals surface area contributed by atoms with Gasteiger partial charge >= 0.3 is 0 Å². The molecule has 0 amide bonds. The Morgan fingerprint density at radius 2 is 2.19 bits per heavy atom. The fourth-order valence-electron chi connectivity index (χ4n) is 1.81. The third-order valence-electron chi connectivity index (χ3n) is 2.64. The van der Waals surface area contributed by atoms with Gasteiger partial charge in [-0.15, -0.1) is 6.58 Å². The number of benzene rings is 1. The van der Waals surface area contributed by atoms with Crippen LogP contribution >= 0.6 is 0 Å². The van der Waals surface area contributed by atoms with Crippen LogP contribution in [0.3, 0.4) is 0 Å². The fourth-order valence-corrected chi connectivity index (χ4v) is 1.81. The minimum absolute atomic E-state index is 0.107. The van der Waals surface area contributed by atoms with Crippen molar-refractivity contribution in [2.75, 3.05) is 6.54 Å². The maximum Gasteiger partial charge on any atom is 0.126 e. The lowest BCUT2D eigenvalue weighted by Gasteiger charge is -2.17. The Labute approximate surface area is 97.4 Å². The van der Waals surface area contributed by atoms with Gasteiger partial charge in [0.1, 0.15) is 5.82 Å². The summed E-state index contributed by atoms with van der Waals surface area (Å²) in [5.41, 5.74) is 0.789. The zero-order valence-corrected chi connectivity index (χ0v) is 9.88. The second kappa shape index (κ2) is 7.18. The third kappa shape index (κ3) is 4.15. The predicted octanol–water partition coefficient (Wildman–Crippen LogP) is 3.31. The van der Waals surface area contributed by atoms with Crippen LogP contribution in [0.4, 0.5) is 4.39 Å². The number of rotatable bonds is 7. The molecule has 1 N–H and O–H groups in total. The Balaban J connectivity index is 2.59. The van der Waals surface area contributed by atoms with Crippen molar-refractivity contribution < 1.29 is 4.39 Å². The summed E-state index contributed by atoms with van der Waals surface area (Å²) >= 11 is 0. The van der Waals surface area contributed by atoms with Crippen molar-refractivity contribution in [3.8, 4) is 0 Å². The van der Waals surface area contributed by atoms with E-state index in [1.807, 2.05) is 18.2 Å². The normalized spacial score (nSPS) is 12.4. The van der Waals surface area contributed by atoms with Crippen molar-refractivity contribution in [3.63, 3.8) is 0 Å². The molecule has 1 unspecified atom stereocenters. The Bertz CT molecular complexity index is 322. The zero-order chi connectivity index (χ0) is 11.8. The van der Waals surface area contributed by atoms with E-state index in [1.54, 1.807) is 6.07 Å². The first-order chi connectivity index (χ1) is 7.77. The Hall–Kier alpha value is -1.15. The molecule has 0 saturated heterocycles. The van der Waals surface area contributed by atoms with E-state index in [-0.39, 0.29) is 5.82 Å². The standard InChI is InChI=1S/C14H20FN/c1-3-5-9-13(16-4-2)11-12-8-6-7-10-14(12)15/h3,6-8,10,13,16H,1,4-5,9,11H2,2H3. The average molecular weight is 221 g/mol. The summed E-state index contributed by atoms with van der Waals surface area (Å²) in [5, 5.41) is 3.38. The number of halogens is 1. The van der Waals surface area contributed by atoms with Gasteiger partial charge in [0.15, 0.2) is 0 Å². The lowest BCUT2D eigenvalue weighted by Crippen LogP contribution is -2.31. The summed E-state index contributed by atoms with van der Waals surface area (Å²) in [4.78, 5) is 0. The number of nitrogens with one attached hydrogen (secondary N) is 1. The summed E-state index contributed by atoms with van der Waals surface area (Å²) in [6, 6.07) is 7.32. The second-order valence-corrected chi connectivity index (χ2v) is 3.92. The van der Waals surface area contributed by atoms with Crippen LogP contribution in [0.5, 0.6) is 0 Å². The van der Waals surface area contributed by atoms with Crippen molar-refractivity contribution in [2.24, 2.45) is 0 Å². The smallest absolute Gasteiger partial charge is 0.126 e. The minimum atomic E-state index is -0.107. The lowest BCUT2D eigenvalue weighted by atomic mass is 10.0. The highest BCUT2D eigenvalue weighted by atomic mass is 19.1. The summed E-state index contributed by atoms with van der Waals surface area (Å²) < 4.78 is 13.5. The molecule has 0 heterocycles. The predicted molar refractivity (Wildman–Crippen MR) is 67.0 cm³/mol. The van der Waals surface area contributed by atoms with Gasteiger partial charge in [0, 0.05) is 6.04 Å². The van der Waals surface area contributed by atoms with E-state index >= 15 is 0 Å². The molecule has 0 radical (unpaired) electrons. The molecule has 0 aliphatic carbocycles. The molecule has 1 rings (SSSR count). The van der Waals surface area contributed by atoms with Crippen LogP contribution in [-0.2, 0) is 6.42 Å². The van der Waals surface area contributed by atoms with Crippen LogP contribution in [0.2, 0.25) is 0 Å². The van der Waals surface area contributed by atoms with Gasteiger partial charge in [-0.2, -0.15) is 0 Å². The van der Waals surface area contributed by atoms with Gasteiger partial charge in [0.25, 0.3) is 0 Å². The Morgan fingerprint density at radius 1 is 1.44 bits per heavy atom. The van der Waals surface area contributed by atoms with Gasteiger partial charge in [-0.1, -0.05) is 31.2 Å². The zero-order valence-electron chi connectivity index (χ0n) is 9.88. The Morgan fingerprint density at radius 3 is 2.81 bits per heavy atom. The fraction of sp³-hybridized carbons (Fsp3) is 0.429. The van der Waals surface area contributed by atoms with Gasteiger partial charge in [-0.25, -0.2) is 4.39 Å². The summed E-state index contributed by atoms with van der Waals surface area (Å²) in [6.45, 7) is 6.70. The van der Waals surface area contributed by atoms with Crippen molar-refractivity contribution in [3.05, 3.63) is 48.3 Å². The average Bonchev–Trinajstić information content (AvgIpc) is 2.29. The molecule has 0 saturated carbocycles. The van der Waals surface area contributed by atoms with E-state index in [2.05, 4.69) is 18.8 Å². The molecule has 16 heavy (non-hydrogen) atoms. The highest BCUT2D eigenvalue weighted by molar-refractivity contribution is 5.18. The van der Waals surface area contributed by atoms with Crippen LogP contribution < -0.4 is 5.32 Å². The molecule has 1 aromatic carbocycles. The molecule has 1 atom stereocenters. The SMILES string of the molecule is C=CCCC(Cc1ccccc1F)NCC. The maximum atomic E-state index is 13.5. The minimum Gasteiger partial charge on any atom is -0.314 e. The molecule has 0 spiro atoms. The first kappa shape index (κ1) is 12.9. The Kier molecular flexibility index (Phi) is 5.79. The van der Waals surface area contributed by atoms with Crippen molar-refractivity contribution in [1.82, 2.24) is 5.32 Å². The van der Waals surface area contributed by atoms with Crippen LogP contribution in [0.15, 0.2) is 36.9 Å². The van der Waals surface area contributed by atoms with E-state index < -0.39 is 0 Å². The molecule has 2 heteroatoms. The number of allylic oxidation sites excluding steroid dienone is 1. The van der Waals surface area contributed by atoms with Gasteiger partial charge in [0.05, 0.1) is 0 Å². The summed E-state index contributed by atoms with van der Waals surface area (Å²) in [5.74, 6) is -0.107. The topological polar surface area (TPSA) is 12.0 Å². The van der Waals surface area contributed by atoms with E-state index in [0.717, 1.165) is 31.4 Å². The molecule has 88 valence electrons. The molecular weight excluding hydrogens is 201 g/mol. The number of likely N-dealkylation sites (N-methyl/N-ethyl adjacent to an activating group) is 1. The first-order valence-electron chi connectivity index (χ1n) is 5.85. The number of hydrogen-bond acceptors (Lipinski definition) is 1. The first-order valence-corrected chi connectivity index (χ1v) is 5.85. The van der Waals surface area contributed by atoms with Crippen molar-refractivity contribution in [2.45, 2.75) is 32.2 Å². The largest absolute Gasteiger partial charge is 0.314 e. The molecule has 1 aromatic rings. The highest BCUT2D eigenvalue weighted by Crippen LogP contribution is 2.11. The van der Waals surface area contributed by atoms with Gasteiger partial charge in [-0.05, 0) is 37.4 Å². The van der Waals surface area contributed by atoms with E-state index in [1.165, 1.54) is 6.07 Å². The van der Waals surface area contributed by atoms with Crippen molar-refractivity contribution in [1.29, 1.82) is 0 Å². The van der Waals surface area contributed by atoms with Crippen LogP contribution in [0.25, 0.3) is 0 Å². The van der Waals surface area contributed by atoms with Crippen molar-refractivity contribution >= 4 is 0 Å². The summed E-state index contributed by atoms with van der Waals surface area (Å²) in [6.07, 6.45) is 4.62. The van der Waals surface area contributed by atoms with E-state index in [9.17, 15) is 4.39 Å². The van der Waals surface area contributed by atoms with Gasteiger partial charge in [-0.3, -0.25) is 0 Å². The van der Waals surface area contributed by atoms with E-state index in [4.69, 9.17) is 0 Å². The molecule has 0 aromatic heterocycles. The van der Waals surface area contributed by atoms with Gasteiger partial charge in [0.2, 0.25) is 0 Å². The molecule has 1 nitrogen and oxygen atoms in total. The highest BCUT2D eigenvalue weighted by Gasteiger charge is 2.09. The lowest BCUT2D eigenvalue weighted by molar-refractivity contribution is 0.483. The molecular formula is C14H20FN. The van der Waals surface area contributed by atoms with E-state index in [0.29, 0.717) is 6.04 Å². The van der Waals surface area contributed by atoms with Gasteiger partial charge < -0.3 is 5.32 Å². The quantitative estimate of drug-likeness (QED) is 0.696. The molecule has 0 aliphatic heterocycles. The monoisotopic (exact) mass is 221 g/mol. The second-order valence-electron chi connectivity index (χ2n) is 3.92. The van der Waals surface area contributed by atoms with Crippen LogP contribution in [-0.4, -0.2) is 12.6 Å². The van der Waals surface area contributed by atoms with Crippen LogP contribution in [0.1, 0.15) is 25.3 Å². The molecule has 0 aliphatic rings. The summed E-state index contributed by atoms with van der Waals surface area (Å²) in [7, 11) is 0. The third-order valence-corrected chi connectivity index (χ3v) is 2.64. The number of hydrogen-bond donors (Lipinski definition) is 1. The molecule has 0 bridgehead atoms.